The second-order valence-electron chi connectivity index (χ2n) is 8.01. The van der Waals surface area contributed by atoms with E-state index in [1.165, 1.54) is 0 Å². The van der Waals surface area contributed by atoms with Gasteiger partial charge in [0.2, 0.25) is 5.91 Å². The van der Waals surface area contributed by atoms with Gasteiger partial charge in [0, 0.05) is 12.6 Å². The number of nitrogens with two attached hydrogens (primary N) is 1. The van der Waals surface area contributed by atoms with E-state index in [1.54, 1.807) is 19.1 Å². The van der Waals surface area contributed by atoms with Crippen LogP contribution in [0.4, 0.5) is 5.69 Å². The van der Waals surface area contributed by atoms with E-state index in [9.17, 15) is 14.7 Å². The van der Waals surface area contributed by atoms with Crippen molar-refractivity contribution < 1.29 is 24.2 Å². The van der Waals surface area contributed by atoms with Crippen molar-refractivity contribution in [2.45, 2.75) is 64.5 Å². The van der Waals surface area contributed by atoms with Crippen molar-refractivity contribution in [1.29, 1.82) is 0 Å². The molecule has 168 valence electrons. The Labute approximate surface area is 182 Å². The molecule has 1 fully saturated rings. The summed E-state index contributed by atoms with van der Waals surface area (Å²) in [5.41, 5.74) is 7.38. The molecule has 8 nitrogen and oxygen atoms in total. The molecule has 8 heteroatoms. The van der Waals surface area contributed by atoms with Crippen molar-refractivity contribution in [3.63, 3.8) is 0 Å². The normalized spacial score (nSPS) is 18.6. The number of rotatable bonds is 9. The van der Waals surface area contributed by atoms with Crippen LogP contribution in [0, 0.1) is 6.92 Å². The minimum Gasteiger partial charge on any atom is -0.490 e. The molecule has 4 N–H and O–H groups in total. The molecule has 2 aromatic rings. The van der Waals surface area contributed by atoms with Gasteiger partial charge in [-0.15, -0.1) is 0 Å². The number of hydrogen-bond acceptors (Lipinski definition) is 6. The third-order valence-electron chi connectivity index (χ3n) is 5.62. The molecule has 1 amide bonds. The maximum atomic E-state index is 12.0. The van der Waals surface area contributed by atoms with E-state index in [0.29, 0.717) is 29.0 Å². The number of nitrogen functional groups attached to an aromatic ring is 1. The molecule has 1 saturated carbocycles. The molecule has 1 aliphatic rings. The van der Waals surface area contributed by atoms with Crippen molar-refractivity contribution in [3.05, 3.63) is 29.5 Å². The summed E-state index contributed by atoms with van der Waals surface area (Å²) in [6.07, 6.45) is 5.14. The van der Waals surface area contributed by atoms with Gasteiger partial charge in [-0.05, 0) is 51.2 Å². The van der Waals surface area contributed by atoms with E-state index in [-0.39, 0.29) is 35.9 Å². The maximum Gasteiger partial charge on any atom is 0.339 e. The molecule has 0 aliphatic heterocycles. The second kappa shape index (κ2) is 10.4. The van der Waals surface area contributed by atoms with Crippen LogP contribution in [0.3, 0.4) is 0 Å². The van der Waals surface area contributed by atoms with Gasteiger partial charge in [0.1, 0.15) is 17.9 Å². The quantitative estimate of drug-likeness (QED) is 0.522. The SMILES string of the molecule is CCCCOCC(=O)NC1CCC(Oc2cccc3nc(C)c(C(=O)O)c(N)c23)CC1. The number of hydrogen-bond donors (Lipinski definition) is 3. The minimum absolute atomic E-state index is 0.0103. The van der Waals surface area contributed by atoms with E-state index < -0.39 is 5.97 Å². The smallest absolute Gasteiger partial charge is 0.339 e. The number of aromatic carboxylic acids is 1. The van der Waals surface area contributed by atoms with Crippen LogP contribution < -0.4 is 15.8 Å². The molecule has 1 aliphatic carbocycles. The lowest BCUT2D eigenvalue weighted by molar-refractivity contribution is -0.126. The van der Waals surface area contributed by atoms with Crippen LogP contribution in [0.2, 0.25) is 0 Å². The van der Waals surface area contributed by atoms with Crippen molar-refractivity contribution in [2.75, 3.05) is 18.9 Å². The highest BCUT2D eigenvalue weighted by atomic mass is 16.5. The predicted molar refractivity (Wildman–Crippen MR) is 118 cm³/mol. The third kappa shape index (κ3) is 5.64. The van der Waals surface area contributed by atoms with Gasteiger partial charge in [0.05, 0.1) is 28.4 Å². The zero-order chi connectivity index (χ0) is 22.4. The number of aryl methyl sites for hydroxylation is 1. The number of carbonyl (C=O) groups excluding carboxylic acids is 1. The third-order valence-corrected chi connectivity index (χ3v) is 5.62. The number of unbranched alkanes of at least 4 members (excludes halogenated alkanes) is 1. The fourth-order valence-electron chi connectivity index (χ4n) is 3.99. The van der Waals surface area contributed by atoms with Gasteiger partial charge in [-0.1, -0.05) is 19.4 Å². The number of pyridine rings is 1. The largest absolute Gasteiger partial charge is 0.490 e. The highest BCUT2D eigenvalue weighted by Gasteiger charge is 2.25. The highest BCUT2D eigenvalue weighted by molar-refractivity contribution is 6.06. The van der Waals surface area contributed by atoms with Crippen LogP contribution in [0.15, 0.2) is 18.2 Å². The van der Waals surface area contributed by atoms with E-state index in [1.807, 2.05) is 6.07 Å². The molecule has 1 aromatic heterocycles. The van der Waals surface area contributed by atoms with E-state index in [0.717, 1.165) is 38.5 Å². The number of ether oxygens (including phenoxy) is 2. The van der Waals surface area contributed by atoms with Crippen molar-refractivity contribution >= 4 is 28.5 Å². The molecule has 0 atom stereocenters. The monoisotopic (exact) mass is 429 g/mol. The molecule has 0 bridgehead atoms. The summed E-state index contributed by atoms with van der Waals surface area (Å²) < 4.78 is 11.6. The van der Waals surface area contributed by atoms with Gasteiger partial charge in [-0.3, -0.25) is 9.78 Å². The van der Waals surface area contributed by atoms with Crippen LogP contribution in [-0.2, 0) is 9.53 Å². The Balaban J connectivity index is 1.61. The molecule has 31 heavy (non-hydrogen) atoms. The molecule has 0 spiro atoms. The number of aromatic nitrogens is 1. The maximum absolute atomic E-state index is 12.0. The summed E-state index contributed by atoms with van der Waals surface area (Å²) in [4.78, 5) is 28.0. The van der Waals surface area contributed by atoms with Gasteiger partial charge in [-0.2, -0.15) is 0 Å². The number of nitrogens with zero attached hydrogens (tertiary/aromatic N) is 1. The molecule has 0 saturated heterocycles. The molecular weight excluding hydrogens is 398 g/mol. The van der Waals surface area contributed by atoms with Crippen LogP contribution in [0.1, 0.15) is 61.5 Å². The van der Waals surface area contributed by atoms with Crippen LogP contribution in [-0.4, -0.2) is 47.3 Å². The number of carboxylic acids is 1. The first-order valence-corrected chi connectivity index (χ1v) is 10.9. The number of amides is 1. The van der Waals surface area contributed by atoms with Crippen LogP contribution >= 0.6 is 0 Å². The first-order chi connectivity index (χ1) is 14.9. The topological polar surface area (TPSA) is 124 Å². The van der Waals surface area contributed by atoms with Gasteiger partial charge in [0.15, 0.2) is 0 Å². The summed E-state index contributed by atoms with van der Waals surface area (Å²) in [5, 5.41) is 13.1. The average Bonchev–Trinajstić information content (AvgIpc) is 2.72. The van der Waals surface area contributed by atoms with Gasteiger partial charge in [-0.25, -0.2) is 4.79 Å². The Morgan fingerprint density at radius 3 is 2.68 bits per heavy atom. The van der Waals surface area contributed by atoms with E-state index in [2.05, 4.69) is 17.2 Å². The van der Waals surface area contributed by atoms with Crippen molar-refractivity contribution in [2.24, 2.45) is 0 Å². The molecule has 1 aromatic carbocycles. The first kappa shape index (κ1) is 22.8. The minimum atomic E-state index is -1.10. The number of nitrogens with one attached hydrogen (secondary N) is 1. The Kier molecular flexibility index (Phi) is 7.68. The summed E-state index contributed by atoms with van der Waals surface area (Å²) in [6.45, 7) is 4.43. The fraction of sp³-hybridized carbons (Fsp3) is 0.522. The Morgan fingerprint density at radius 1 is 1.26 bits per heavy atom. The fourth-order valence-corrected chi connectivity index (χ4v) is 3.99. The van der Waals surface area contributed by atoms with Crippen molar-refractivity contribution in [3.8, 4) is 5.75 Å². The summed E-state index contributed by atoms with van der Waals surface area (Å²) in [6, 6.07) is 5.53. The summed E-state index contributed by atoms with van der Waals surface area (Å²) in [7, 11) is 0. The molecule has 1 heterocycles. The second-order valence-corrected chi connectivity index (χ2v) is 8.01. The molecule has 0 unspecified atom stereocenters. The lowest BCUT2D eigenvalue weighted by atomic mass is 9.93. The van der Waals surface area contributed by atoms with E-state index in [4.69, 9.17) is 15.2 Å². The molecule has 3 rings (SSSR count). The lowest BCUT2D eigenvalue weighted by Crippen LogP contribution is -2.41. The van der Waals surface area contributed by atoms with Gasteiger partial charge >= 0.3 is 5.97 Å². The number of carbonyl (C=O) groups is 2. The Bertz CT molecular complexity index is 938. The van der Waals surface area contributed by atoms with Crippen LogP contribution in [0.25, 0.3) is 10.9 Å². The number of carboxylic acid groups (broad SMARTS) is 1. The zero-order valence-electron chi connectivity index (χ0n) is 18.1. The van der Waals surface area contributed by atoms with Crippen LogP contribution in [0.5, 0.6) is 5.75 Å². The highest BCUT2D eigenvalue weighted by Crippen LogP contribution is 2.35. The standard InChI is InChI=1S/C23H31N3O5/c1-3-4-12-30-13-19(27)26-15-8-10-16(11-9-15)31-18-7-5-6-17-21(18)22(24)20(23(28)29)14(2)25-17/h5-7,15-16H,3-4,8-13H2,1-2H3,(H2,24,25)(H,26,27)(H,28,29). The van der Waals surface area contributed by atoms with Gasteiger partial charge in [0.25, 0.3) is 0 Å². The summed E-state index contributed by atoms with van der Waals surface area (Å²) >= 11 is 0. The zero-order valence-corrected chi connectivity index (χ0v) is 18.1. The van der Waals surface area contributed by atoms with Crippen molar-refractivity contribution in [1.82, 2.24) is 10.3 Å². The first-order valence-electron chi connectivity index (χ1n) is 10.9. The number of fused-ring (bicyclic) bond motifs is 1. The number of benzene rings is 1. The molecular formula is C23H31N3O5. The average molecular weight is 430 g/mol. The van der Waals surface area contributed by atoms with E-state index >= 15 is 0 Å². The van der Waals surface area contributed by atoms with Gasteiger partial charge < -0.3 is 25.6 Å². The lowest BCUT2D eigenvalue weighted by Gasteiger charge is -2.30. The predicted octanol–water partition coefficient (Wildman–Crippen LogP) is 3.45. The molecule has 0 radical (unpaired) electrons. The number of anilines is 1. The Morgan fingerprint density at radius 2 is 2.00 bits per heavy atom. The Hall–Kier alpha value is -2.87. The summed E-state index contributed by atoms with van der Waals surface area (Å²) in [5.74, 6) is -0.638.